The number of rotatable bonds is 1. The lowest BCUT2D eigenvalue weighted by Gasteiger charge is -2.25. The summed E-state index contributed by atoms with van der Waals surface area (Å²) in [5.41, 5.74) is 0.820. The summed E-state index contributed by atoms with van der Waals surface area (Å²) in [4.78, 5) is 11.6. The number of aromatic nitrogens is 2. The first-order valence-electron chi connectivity index (χ1n) is 6.36. The Balaban J connectivity index is 2.32. The lowest BCUT2D eigenvalue weighted by molar-refractivity contribution is -0.122. The van der Waals surface area contributed by atoms with E-state index >= 15 is 0 Å². The lowest BCUT2D eigenvalue weighted by Crippen LogP contribution is -2.35. The van der Waals surface area contributed by atoms with Crippen molar-refractivity contribution in [2.75, 3.05) is 5.32 Å². The number of carbonyl (C=O) groups excluding carboxylic acids is 1. The highest BCUT2D eigenvalue weighted by Crippen LogP contribution is 2.41. The largest absolute Gasteiger partial charge is 0.477 e. The fraction of sp³-hybridized carbons (Fsp3) is 0.214. The van der Waals surface area contributed by atoms with Crippen molar-refractivity contribution in [3.8, 4) is 23.1 Å². The van der Waals surface area contributed by atoms with Crippen LogP contribution < -0.4 is 10.1 Å². The van der Waals surface area contributed by atoms with Crippen molar-refractivity contribution >= 4 is 34.2 Å². The van der Waals surface area contributed by atoms with Gasteiger partial charge in [0.2, 0.25) is 0 Å². The van der Waals surface area contributed by atoms with E-state index in [9.17, 15) is 14.4 Å². The number of nitrogens with one attached hydrogen (secondary N) is 1. The highest BCUT2D eigenvalue weighted by atomic mass is 127. The zero-order valence-corrected chi connectivity index (χ0v) is 13.8. The minimum Gasteiger partial charge on any atom is -0.477 e. The van der Waals surface area contributed by atoms with Gasteiger partial charge in [0, 0.05) is 13.1 Å². The van der Waals surface area contributed by atoms with Crippen molar-refractivity contribution in [2.45, 2.75) is 13.0 Å². The number of carbonyl (C=O) groups is 1. The number of nitrogens with zero attached hydrogens (tertiary/aromatic N) is 3. The van der Waals surface area contributed by atoms with E-state index in [1.807, 2.05) is 28.7 Å². The van der Waals surface area contributed by atoms with Gasteiger partial charge in [0.1, 0.15) is 17.4 Å². The van der Waals surface area contributed by atoms with Crippen LogP contribution in [0.3, 0.4) is 0 Å². The predicted octanol–water partition coefficient (Wildman–Crippen LogP) is 2.42. The van der Waals surface area contributed by atoms with Gasteiger partial charge in [-0.05, 0) is 29.5 Å². The molecule has 2 heterocycles. The van der Waals surface area contributed by atoms with Crippen LogP contribution in [-0.4, -0.2) is 21.8 Å². The molecular formula is C14H10FIN4O2. The lowest BCUT2D eigenvalue weighted by atomic mass is 10.0. The third-order valence-corrected chi connectivity index (χ3v) is 4.19. The zero-order valence-electron chi connectivity index (χ0n) is 11.6. The van der Waals surface area contributed by atoms with E-state index < -0.39 is 11.9 Å². The van der Waals surface area contributed by atoms with Gasteiger partial charge < -0.3 is 10.1 Å². The number of ether oxygens (including phenoxy) is 1. The number of nitriles is 1. The van der Waals surface area contributed by atoms with Crippen LogP contribution in [0.15, 0.2) is 12.3 Å². The third kappa shape index (κ3) is 2.12. The van der Waals surface area contributed by atoms with Crippen molar-refractivity contribution in [1.29, 1.82) is 5.26 Å². The van der Waals surface area contributed by atoms with Crippen LogP contribution in [-0.2, 0) is 11.8 Å². The minimum absolute atomic E-state index is 0.0448. The van der Waals surface area contributed by atoms with Crippen molar-refractivity contribution in [2.24, 2.45) is 7.05 Å². The maximum Gasteiger partial charge on any atom is 0.265 e. The minimum atomic E-state index is -0.747. The molecule has 1 N–H and O–H groups in total. The van der Waals surface area contributed by atoms with Gasteiger partial charge in [0.25, 0.3) is 5.91 Å². The summed E-state index contributed by atoms with van der Waals surface area (Å²) in [7, 11) is 1.67. The second kappa shape index (κ2) is 5.24. The number of hydrogen-bond acceptors (Lipinski definition) is 4. The molecule has 6 nitrogen and oxygen atoms in total. The number of amides is 1. The predicted molar refractivity (Wildman–Crippen MR) is 84.8 cm³/mol. The molecule has 0 spiro atoms. The van der Waals surface area contributed by atoms with Crippen LogP contribution in [0.4, 0.5) is 10.1 Å². The molecule has 8 heteroatoms. The van der Waals surface area contributed by atoms with Crippen molar-refractivity contribution < 1.29 is 13.9 Å². The van der Waals surface area contributed by atoms with Gasteiger partial charge in [-0.25, -0.2) is 4.39 Å². The van der Waals surface area contributed by atoms with Crippen LogP contribution in [0, 0.1) is 20.7 Å². The molecule has 112 valence electrons. The van der Waals surface area contributed by atoms with E-state index in [1.165, 1.54) is 10.7 Å². The number of benzene rings is 1. The number of aryl methyl sites for hydroxylation is 1. The molecule has 0 aliphatic carbocycles. The molecule has 1 atom stereocenters. The molecule has 1 aliphatic rings. The molecule has 1 aliphatic heterocycles. The normalized spacial score (nSPS) is 16.5. The average molecular weight is 412 g/mol. The van der Waals surface area contributed by atoms with Crippen LogP contribution in [0.5, 0.6) is 5.75 Å². The average Bonchev–Trinajstić information content (AvgIpc) is 2.79. The summed E-state index contributed by atoms with van der Waals surface area (Å²) in [6.07, 6.45) is 0.838. The monoisotopic (exact) mass is 412 g/mol. The molecule has 1 aromatic carbocycles. The third-order valence-electron chi connectivity index (χ3n) is 3.40. The molecule has 22 heavy (non-hydrogen) atoms. The summed E-state index contributed by atoms with van der Waals surface area (Å²) in [6.45, 7) is 1.57. The quantitative estimate of drug-likeness (QED) is 0.730. The highest BCUT2D eigenvalue weighted by Gasteiger charge is 2.31. The Bertz CT molecular complexity index is 821. The van der Waals surface area contributed by atoms with E-state index in [0.29, 0.717) is 9.26 Å². The van der Waals surface area contributed by atoms with E-state index in [4.69, 9.17) is 4.74 Å². The maximum absolute atomic E-state index is 14.6. The molecule has 0 radical (unpaired) electrons. The van der Waals surface area contributed by atoms with E-state index in [-0.39, 0.29) is 28.5 Å². The maximum atomic E-state index is 14.6. The van der Waals surface area contributed by atoms with Gasteiger partial charge >= 0.3 is 0 Å². The molecule has 1 amide bonds. The molecule has 1 aromatic heterocycles. The van der Waals surface area contributed by atoms with Gasteiger partial charge in [-0.15, -0.1) is 0 Å². The van der Waals surface area contributed by atoms with Gasteiger partial charge in [-0.1, -0.05) is 0 Å². The van der Waals surface area contributed by atoms with Crippen LogP contribution in [0.2, 0.25) is 0 Å². The van der Waals surface area contributed by atoms with Crippen molar-refractivity contribution in [3.63, 3.8) is 0 Å². The molecule has 0 saturated heterocycles. The SMILES string of the molecule is C[C@@H]1Oc2c(cc(F)c(-c3c(I)cnn3C)c2C#N)NC1=O. The van der Waals surface area contributed by atoms with Gasteiger partial charge in [-0.2, -0.15) is 10.4 Å². The molecule has 0 fully saturated rings. The molecule has 0 unspecified atom stereocenters. The number of hydrogen-bond donors (Lipinski definition) is 1. The van der Waals surface area contributed by atoms with Gasteiger partial charge in [0.05, 0.1) is 26.7 Å². The zero-order chi connectivity index (χ0) is 16.0. The van der Waals surface area contributed by atoms with E-state index in [1.54, 1.807) is 20.2 Å². The Morgan fingerprint density at radius 3 is 2.91 bits per heavy atom. The summed E-state index contributed by atoms with van der Waals surface area (Å²) in [5, 5.41) is 16.1. The van der Waals surface area contributed by atoms with Crippen LogP contribution in [0.25, 0.3) is 11.3 Å². The first kappa shape index (κ1) is 14.8. The second-order valence-corrected chi connectivity index (χ2v) is 5.97. The smallest absolute Gasteiger partial charge is 0.265 e. The van der Waals surface area contributed by atoms with Gasteiger partial charge in [0.15, 0.2) is 11.9 Å². The Kier molecular flexibility index (Phi) is 3.52. The molecular weight excluding hydrogens is 402 g/mol. The summed E-state index contributed by atoms with van der Waals surface area (Å²) in [5.74, 6) is -0.808. The fourth-order valence-corrected chi connectivity index (χ4v) is 3.09. The first-order valence-corrected chi connectivity index (χ1v) is 7.44. The van der Waals surface area contributed by atoms with E-state index in [0.717, 1.165) is 0 Å². The molecule has 2 aromatic rings. The van der Waals surface area contributed by atoms with E-state index in [2.05, 4.69) is 10.4 Å². The van der Waals surface area contributed by atoms with Crippen molar-refractivity contribution in [3.05, 3.63) is 27.2 Å². The Labute approximate surface area is 139 Å². The summed E-state index contributed by atoms with van der Waals surface area (Å²) < 4.78 is 22.3. The topological polar surface area (TPSA) is 79.9 Å². The van der Waals surface area contributed by atoms with Crippen LogP contribution >= 0.6 is 22.6 Å². The first-order chi connectivity index (χ1) is 10.4. The fourth-order valence-electron chi connectivity index (χ4n) is 2.34. The summed E-state index contributed by atoms with van der Waals surface area (Å²) in [6, 6.07) is 3.15. The van der Waals surface area contributed by atoms with Crippen molar-refractivity contribution in [1.82, 2.24) is 9.78 Å². The molecule has 0 bridgehead atoms. The number of fused-ring (bicyclic) bond motifs is 1. The van der Waals surface area contributed by atoms with Gasteiger partial charge in [-0.3, -0.25) is 9.48 Å². The Morgan fingerprint density at radius 2 is 2.32 bits per heavy atom. The molecule has 0 saturated carbocycles. The Morgan fingerprint density at radius 1 is 1.59 bits per heavy atom. The van der Waals surface area contributed by atoms with Crippen LogP contribution in [0.1, 0.15) is 12.5 Å². The molecule has 3 rings (SSSR count). The standard InChI is InChI=1S/C14H10FIN4O2/c1-6-14(21)19-10-3-8(15)11(7(4-17)13(10)22-6)12-9(16)5-18-20(12)2/h3,5-6H,1-2H3,(H,19,21)/t6-/m0/s1. The highest BCUT2D eigenvalue weighted by molar-refractivity contribution is 14.1. The second-order valence-electron chi connectivity index (χ2n) is 4.81. The number of halogens is 2. The Hall–Kier alpha value is -2.15. The summed E-state index contributed by atoms with van der Waals surface area (Å²) >= 11 is 2.03. The number of anilines is 1.